The Bertz CT molecular complexity index is 658. The summed E-state index contributed by atoms with van der Waals surface area (Å²) >= 11 is 0. The lowest BCUT2D eigenvalue weighted by molar-refractivity contribution is -0.323. The Morgan fingerprint density at radius 2 is 1.50 bits per heavy atom. The minimum absolute atomic E-state index is 0.119. The van der Waals surface area contributed by atoms with E-state index in [-0.39, 0.29) is 13.2 Å². The van der Waals surface area contributed by atoms with Crippen LogP contribution in [0.4, 0.5) is 0 Å². The number of aliphatic hydroxyl groups excluding tert-OH is 2. The van der Waals surface area contributed by atoms with Crippen LogP contribution in [0.25, 0.3) is 0 Å². The lowest BCUT2D eigenvalue weighted by atomic mass is 9.99. The van der Waals surface area contributed by atoms with Gasteiger partial charge in [0, 0.05) is 5.56 Å². The summed E-state index contributed by atoms with van der Waals surface area (Å²) in [5.74, 6) is 0. The Morgan fingerprint density at radius 3 is 2.15 bits per heavy atom. The van der Waals surface area contributed by atoms with Crippen LogP contribution in [0.15, 0.2) is 54.1 Å². The maximum atomic E-state index is 10.4. The van der Waals surface area contributed by atoms with Crippen LogP contribution in [0, 0.1) is 0 Å². The van der Waals surface area contributed by atoms with E-state index in [2.05, 4.69) is 6.08 Å². The van der Waals surface area contributed by atoms with Crippen molar-refractivity contribution in [2.45, 2.75) is 49.8 Å². The summed E-state index contributed by atoms with van der Waals surface area (Å²) in [6.07, 6.45) is 3.58. The zero-order valence-electron chi connectivity index (χ0n) is 14.4. The molecule has 2 heterocycles. The van der Waals surface area contributed by atoms with Gasteiger partial charge in [-0.15, -0.1) is 0 Å². The molecule has 0 amide bonds. The zero-order valence-corrected chi connectivity index (χ0v) is 14.4. The van der Waals surface area contributed by atoms with E-state index in [1.807, 2.05) is 42.5 Å². The molecule has 2 aliphatic heterocycles. The Morgan fingerprint density at radius 1 is 0.846 bits per heavy atom. The van der Waals surface area contributed by atoms with E-state index in [1.54, 1.807) is 0 Å². The monoisotopic (exact) mass is 360 g/mol. The first-order chi connectivity index (χ1) is 12.7. The highest BCUT2D eigenvalue weighted by molar-refractivity contribution is 5.20. The number of aliphatic hydroxyl groups is 2. The van der Waals surface area contributed by atoms with Gasteiger partial charge in [0.1, 0.15) is 24.4 Å². The normalized spacial score (nSPS) is 38.0. The molecular formula is C20H24O6. The third-order valence-corrected chi connectivity index (χ3v) is 4.90. The molecule has 1 aromatic rings. The van der Waals surface area contributed by atoms with Crippen molar-refractivity contribution in [1.29, 1.82) is 0 Å². The van der Waals surface area contributed by atoms with E-state index in [4.69, 9.17) is 18.9 Å². The maximum absolute atomic E-state index is 10.4. The second kappa shape index (κ2) is 8.00. The first-order valence-electron chi connectivity index (χ1n) is 9.03. The number of benzene rings is 1. The highest BCUT2D eigenvalue weighted by Gasteiger charge is 2.44. The lowest BCUT2D eigenvalue weighted by Crippen LogP contribution is -2.57. The average molecular weight is 360 g/mol. The SMILES string of the molecule is O[C@H]1COC(C2=CC=CCC2)OC1C1O[C@H](c2ccccc2)OC[C@@H]1O. The highest BCUT2D eigenvalue weighted by Crippen LogP contribution is 2.33. The summed E-state index contributed by atoms with van der Waals surface area (Å²) in [5.41, 5.74) is 1.90. The van der Waals surface area contributed by atoms with Crippen molar-refractivity contribution < 1.29 is 29.2 Å². The summed E-state index contributed by atoms with van der Waals surface area (Å²) in [7, 11) is 0. The van der Waals surface area contributed by atoms with Crippen molar-refractivity contribution in [3.05, 3.63) is 59.7 Å². The molecule has 0 saturated carbocycles. The van der Waals surface area contributed by atoms with Gasteiger partial charge in [0.2, 0.25) is 0 Å². The van der Waals surface area contributed by atoms with Crippen LogP contribution >= 0.6 is 0 Å². The molecule has 0 bridgehead atoms. The third kappa shape index (κ3) is 3.76. The van der Waals surface area contributed by atoms with Crippen LogP contribution in [-0.2, 0) is 18.9 Å². The predicted octanol–water partition coefficient (Wildman–Crippen LogP) is 1.84. The fraction of sp³-hybridized carbons (Fsp3) is 0.500. The molecule has 0 radical (unpaired) electrons. The molecule has 26 heavy (non-hydrogen) atoms. The van der Waals surface area contributed by atoms with Gasteiger partial charge < -0.3 is 29.2 Å². The number of hydrogen-bond donors (Lipinski definition) is 2. The minimum atomic E-state index is -0.881. The first-order valence-corrected chi connectivity index (χ1v) is 9.03. The largest absolute Gasteiger partial charge is 0.388 e. The molecule has 2 fully saturated rings. The van der Waals surface area contributed by atoms with Crippen LogP contribution in [0.5, 0.6) is 0 Å². The molecule has 0 aromatic heterocycles. The van der Waals surface area contributed by atoms with Crippen molar-refractivity contribution >= 4 is 0 Å². The Balaban J connectivity index is 1.49. The molecule has 1 aromatic carbocycles. The first kappa shape index (κ1) is 17.9. The van der Waals surface area contributed by atoms with Crippen molar-refractivity contribution in [2.24, 2.45) is 0 Å². The fourth-order valence-corrected chi connectivity index (χ4v) is 3.50. The summed E-state index contributed by atoms with van der Waals surface area (Å²) in [4.78, 5) is 0. The molecule has 6 nitrogen and oxygen atoms in total. The summed E-state index contributed by atoms with van der Waals surface area (Å²) in [6, 6.07) is 9.54. The average Bonchev–Trinajstić information content (AvgIpc) is 2.70. The topological polar surface area (TPSA) is 77.4 Å². The second-order valence-corrected chi connectivity index (χ2v) is 6.79. The molecule has 2 N–H and O–H groups in total. The van der Waals surface area contributed by atoms with Crippen molar-refractivity contribution in [3.63, 3.8) is 0 Å². The lowest BCUT2D eigenvalue weighted by Gasteiger charge is -2.43. The Kier molecular flexibility index (Phi) is 5.49. The molecule has 6 atom stereocenters. The van der Waals surface area contributed by atoms with Gasteiger partial charge in [-0.05, 0) is 18.4 Å². The molecule has 2 saturated heterocycles. The Labute approximate surface area is 152 Å². The molecule has 6 heteroatoms. The standard InChI is InChI=1S/C20H24O6/c21-15-11-23-19(13-7-3-1-4-8-13)25-17(15)18-16(22)12-24-20(26-18)14-9-5-2-6-10-14/h1-5,7-9,15-22H,6,10-12H2/t15-,16-,17?,18?,19+,20?/m0/s1. The summed E-state index contributed by atoms with van der Waals surface area (Å²) in [6.45, 7) is 0.258. The second-order valence-electron chi connectivity index (χ2n) is 6.79. The van der Waals surface area contributed by atoms with Crippen LogP contribution in [0.2, 0.25) is 0 Å². The van der Waals surface area contributed by atoms with E-state index in [0.29, 0.717) is 0 Å². The highest BCUT2D eigenvalue weighted by atomic mass is 16.7. The van der Waals surface area contributed by atoms with Gasteiger partial charge in [-0.3, -0.25) is 0 Å². The zero-order chi connectivity index (χ0) is 17.9. The molecule has 0 spiro atoms. The summed E-state index contributed by atoms with van der Waals surface area (Å²) < 4.78 is 23.3. The quantitative estimate of drug-likeness (QED) is 0.857. The maximum Gasteiger partial charge on any atom is 0.184 e. The van der Waals surface area contributed by atoms with Gasteiger partial charge in [-0.1, -0.05) is 48.6 Å². The number of ether oxygens (including phenoxy) is 4. The molecule has 1 aliphatic carbocycles. The van der Waals surface area contributed by atoms with Crippen LogP contribution in [0.1, 0.15) is 24.7 Å². The van der Waals surface area contributed by atoms with Crippen LogP contribution in [-0.4, -0.2) is 54.1 Å². The molecule has 4 rings (SSSR count). The van der Waals surface area contributed by atoms with Gasteiger partial charge in [0.25, 0.3) is 0 Å². The van der Waals surface area contributed by atoms with Gasteiger partial charge in [0.05, 0.1) is 13.2 Å². The molecule has 140 valence electrons. The van der Waals surface area contributed by atoms with E-state index in [0.717, 1.165) is 24.0 Å². The molecule has 3 unspecified atom stereocenters. The van der Waals surface area contributed by atoms with Gasteiger partial charge in [-0.2, -0.15) is 0 Å². The van der Waals surface area contributed by atoms with Crippen molar-refractivity contribution in [1.82, 2.24) is 0 Å². The van der Waals surface area contributed by atoms with Gasteiger partial charge in [0.15, 0.2) is 12.6 Å². The summed E-state index contributed by atoms with van der Waals surface area (Å²) in [5, 5.41) is 20.8. The molecule has 3 aliphatic rings. The van der Waals surface area contributed by atoms with Crippen molar-refractivity contribution in [2.75, 3.05) is 13.2 Å². The van der Waals surface area contributed by atoms with E-state index >= 15 is 0 Å². The smallest absolute Gasteiger partial charge is 0.184 e. The van der Waals surface area contributed by atoms with Gasteiger partial charge in [-0.25, -0.2) is 0 Å². The number of rotatable bonds is 3. The Hall–Kier alpha value is -1.54. The third-order valence-electron chi connectivity index (χ3n) is 4.90. The van der Waals surface area contributed by atoms with Gasteiger partial charge >= 0.3 is 0 Å². The fourth-order valence-electron chi connectivity index (χ4n) is 3.50. The molecular weight excluding hydrogens is 336 g/mol. The van der Waals surface area contributed by atoms with E-state index in [9.17, 15) is 10.2 Å². The van der Waals surface area contributed by atoms with Crippen LogP contribution < -0.4 is 0 Å². The number of allylic oxidation sites excluding steroid dienone is 3. The number of hydrogen-bond acceptors (Lipinski definition) is 6. The van der Waals surface area contributed by atoms with Crippen LogP contribution in [0.3, 0.4) is 0 Å². The predicted molar refractivity (Wildman–Crippen MR) is 93.1 cm³/mol. The van der Waals surface area contributed by atoms with E-state index in [1.165, 1.54) is 0 Å². The van der Waals surface area contributed by atoms with E-state index < -0.39 is 37.0 Å². The minimum Gasteiger partial charge on any atom is -0.388 e. The van der Waals surface area contributed by atoms with Crippen molar-refractivity contribution in [3.8, 4) is 0 Å².